The number of carbonyl (C=O) groups excluding carboxylic acids is 1. The molecule has 0 saturated carbocycles. The summed E-state index contributed by atoms with van der Waals surface area (Å²) in [6.07, 6.45) is 1.80. The Morgan fingerprint density at radius 3 is 2.42 bits per heavy atom. The first-order valence-electron chi connectivity index (χ1n) is 8.14. The Morgan fingerprint density at radius 1 is 0.962 bits per heavy atom. The Balaban J connectivity index is 1.98. The highest BCUT2D eigenvalue weighted by Crippen LogP contribution is 2.25. The molecule has 26 heavy (non-hydrogen) atoms. The molecule has 3 aromatic carbocycles. The van der Waals surface area contributed by atoms with Crippen molar-refractivity contribution in [3.63, 3.8) is 0 Å². The molecule has 1 amide bonds. The molecule has 3 rings (SSSR count). The van der Waals surface area contributed by atoms with Gasteiger partial charge < -0.3 is 10.1 Å². The molecule has 3 aromatic rings. The van der Waals surface area contributed by atoms with Crippen LogP contribution >= 0.6 is 11.6 Å². The van der Waals surface area contributed by atoms with Crippen molar-refractivity contribution < 1.29 is 9.53 Å². The Bertz CT molecular complexity index is 936. The van der Waals surface area contributed by atoms with Crippen LogP contribution in [0, 0.1) is 0 Å². The molecule has 0 unspecified atom stereocenters. The number of hydrogen-bond donors (Lipinski definition) is 1. The fraction of sp³-hybridized carbons (Fsp3) is 0.0455. The third-order valence-corrected chi connectivity index (χ3v) is 4.21. The van der Waals surface area contributed by atoms with E-state index in [1.807, 2.05) is 66.7 Å². The standard InChI is InChI=1S/C22H18ClNO2/c1-26-19-12-7-11-18(15-19)24-22(25)20(16-8-3-2-4-9-16)14-17-10-5-6-13-21(17)23/h2-15H,1H3,(H,24,25)/b20-14+. The number of hydrogen-bond acceptors (Lipinski definition) is 2. The number of rotatable bonds is 5. The van der Waals surface area contributed by atoms with E-state index in [2.05, 4.69) is 5.32 Å². The van der Waals surface area contributed by atoms with E-state index in [0.717, 1.165) is 11.1 Å². The molecule has 130 valence electrons. The number of benzene rings is 3. The van der Waals surface area contributed by atoms with Crippen molar-refractivity contribution in [2.45, 2.75) is 0 Å². The lowest BCUT2D eigenvalue weighted by atomic mass is 10.0. The molecule has 0 aliphatic heterocycles. The average molecular weight is 364 g/mol. The zero-order valence-corrected chi connectivity index (χ0v) is 15.0. The topological polar surface area (TPSA) is 38.3 Å². The summed E-state index contributed by atoms with van der Waals surface area (Å²) in [5, 5.41) is 3.52. The van der Waals surface area contributed by atoms with E-state index in [9.17, 15) is 4.79 Å². The van der Waals surface area contributed by atoms with E-state index >= 15 is 0 Å². The van der Waals surface area contributed by atoms with Crippen LogP contribution < -0.4 is 10.1 Å². The zero-order chi connectivity index (χ0) is 18.4. The fourth-order valence-electron chi connectivity index (χ4n) is 2.54. The van der Waals surface area contributed by atoms with Gasteiger partial charge in [-0.25, -0.2) is 0 Å². The molecule has 0 spiro atoms. The number of halogens is 1. The molecule has 0 radical (unpaired) electrons. The van der Waals surface area contributed by atoms with Gasteiger partial charge in [0.2, 0.25) is 0 Å². The van der Waals surface area contributed by atoms with Gasteiger partial charge in [0.1, 0.15) is 5.75 Å². The van der Waals surface area contributed by atoms with Gasteiger partial charge in [-0.3, -0.25) is 4.79 Å². The van der Waals surface area contributed by atoms with Crippen LogP contribution in [-0.4, -0.2) is 13.0 Å². The second-order valence-electron chi connectivity index (χ2n) is 5.63. The summed E-state index contributed by atoms with van der Waals surface area (Å²) in [6, 6.07) is 24.2. The van der Waals surface area contributed by atoms with E-state index in [0.29, 0.717) is 22.0 Å². The monoisotopic (exact) mass is 363 g/mol. The highest BCUT2D eigenvalue weighted by molar-refractivity contribution is 6.34. The van der Waals surface area contributed by atoms with Crippen LogP contribution in [0.15, 0.2) is 78.9 Å². The molecule has 0 atom stereocenters. The van der Waals surface area contributed by atoms with Crippen LogP contribution in [-0.2, 0) is 4.79 Å². The van der Waals surface area contributed by atoms with Crippen LogP contribution in [0.3, 0.4) is 0 Å². The minimum atomic E-state index is -0.218. The highest BCUT2D eigenvalue weighted by atomic mass is 35.5. The predicted molar refractivity (Wildman–Crippen MR) is 107 cm³/mol. The Hall–Kier alpha value is -3.04. The van der Waals surface area contributed by atoms with E-state index in [-0.39, 0.29) is 5.91 Å². The average Bonchev–Trinajstić information content (AvgIpc) is 2.68. The summed E-state index contributed by atoms with van der Waals surface area (Å²) < 4.78 is 5.21. The molecule has 0 aliphatic carbocycles. The lowest BCUT2D eigenvalue weighted by Gasteiger charge is -2.11. The Kier molecular flexibility index (Phi) is 5.72. The van der Waals surface area contributed by atoms with Crippen LogP contribution in [0.1, 0.15) is 11.1 Å². The van der Waals surface area contributed by atoms with Crippen molar-refractivity contribution >= 4 is 34.8 Å². The Labute approximate surface area is 157 Å². The summed E-state index contributed by atoms with van der Waals surface area (Å²) in [5.41, 5.74) is 2.79. The highest BCUT2D eigenvalue weighted by Gasteiger charge is 2.13. The molecular weight excluding hydrogens is 346 g/mol. The molecule has 0 fully saturated rings. The van der Waals surface area contributed by atoms with E-state index in [1.165, 1.54) is 0 Å². The van der Waals surface area contributed by atoms with Crippen LogP contribution in [0.25, 0.3) is 11.6 Å². The number of nitrogens with one attached hydrogen (secondary N) is 1. The van der Waals surface area contributed by atoms with Gasteiger partial charge in [-0.05, 0) is 35.4 Å². The van der Waals surface area contributed by atoms with Crippen molar-refractivity contribution in [2.75, 3.05) is 12.4 Å². The summed E-state index contributed by atoms with van der Waals surface area (Å²) >= 11 is 6.27. The maximum atomic E-state index is 13.0. The third kappa shape index (κ3) is 4.32. The minimum Gasteiger partial charge on any atom is -0.497 e. The molecule has 1 N–H and O–H groups in total. The van der Waals surface area contributed by atoms with Crippen molar-refractivity contribution in [3.05, 3.63) is 95.0 Å². The Morgan fingerprint density at radius 2 is 1.69 bits per heavy atom. The van der Waals surface area contributed by atoms with Gasteiger partial charge in [0.05, 0.1) is 7.11 Å². The van der Waals surface area contributed by atoms with Gasteiger partial charge in [-0.15, -0.1) is 0 Å². The van der Waals surface area contributed by atoms with Gasteiger partial charge in [0, 0.05) is 22.3 Å². The van der Waals surface area contributed by atoms with Gasteiger partial charge in [-0.2, -0.15) is 0 Å². The number of amides is 1. The first kappa shape index (κ1) is 17.8. The maximum Gasteiger partial charge on any atom is 0.256 e. The number of carbonyl (C=O) groups is 1. The second kappa shape index (κ2) is 8.37. The molecule has 0 aliphatic rings. The van der Waals surface area contributed by atoms with Crippen molar-refractivity contribution in [1.82, 2.24) is 0 Å². The number of ether oxygens (including phenoxy) is 1. The predicted octanol–water partition coefficient (Wildman–Crippen LogP) is 5.53. The van der Waals surface area contributed by atoms with Crippen LogP contribution in [0.4, 0.5) is 5.69 Å². The first-order chi connectivity index (χ1) is 12.7. The molecule has 0 bridgehead atoms. The van der Waals surface area contributed by atoms with Gasteiger partial charge in [-0.1, -0.05) is 66.2 Å². The normalized spacial score (nSPS) is 11.1. The van der Waals surface area contributed by atoms with E-state index in [4.69, 9.17) is 16.3 Å². The zero-order valence-electron chi connectivity index (χ0n) is 14.3. The number of methoxy groups -OCH3 is 1. The lowest BCUT2D eigenvalue weighted by molar-refractivity contribution is -0.111. The SMILES string of the molecule is COc1cccc(NC(=O)/C(=C/c2ccccc2Cl)c2ccccc2)c1. The minimum absolute atomic E-state index is 0.218. The van der Waals surface area contributed by atoms with Gasteiger partial charge >= 0.3 is 0 Å². The summed E-state index contributed by atoms with van der Waals surface area (Å²) in [4.78, 5) is 13.0. The lowest BCUT2D eigenvalue weighted by Crippen LogP contribution is -2.13. The van der Waals surface area contributed by atoms with Gasteiger partial charge in [0.25, 0.3) is 5.91 Å². The molecule has 0 heterocycles. The van der Waals surface area contributed by atoms with E-state index in [1.54, 1.807) is 25.3 Å². The van der Waals surface area contributed by atoms with Crippen LogP contribution in [0.2, 0.25) is 5.02 Å². The molecular formula is C22H18ClNO2. The first-order valence-corrected chi connectivity index (χ1v) is 8.52. The summed E-state index contributed by atoms with van der Waals surface area (Å²) in [5.74, 6) is 0.462. The smallest absolute Gasteiger partial charge is 0.256 e. The summed E-state index contributed by atoms with van der Waals surface area (Å²) in [7, 11) is 1.59. The summed E-state index contributed by atoms with van der Waals surface area (Å²) in [6.45, 7) is 0. The van der Waals surface area contributed by atoms with Crippen molar-refractivity contribution in [1.29, 1.82) is 0 Å². The largest absolute Gasteiger partial charge is 0.497 e. The molecule has 3 nitrogen and oxygen atoms in total. The molecule has 4 heteroatoms. The number of anilines is 1. The van der Waals surface area contributed by atoms with E-state index < -0.39 is 0 Å². The quantitative estimate of drug-likeness (QED) is 0.478. The van der Waals surface area contributed by atoms with Crippen LogP contribution in [0.5, 0.6) is 5.75 Å². The molecule has 0 saturated heterocycles. The fourth-order valence-corrected chi connectivity index (χ4v) is 2.73. The van der Waals surface area contributed by atoms with Crippen molar-refractivity contribution in [3.8, 4) is 5.75 Å². The maximum absolute atomic E-state index is 13.0. The van der Waals surface area contributed by atoms with Gasteiger partial charge in [0.15, 0.2) is 0 Å². The third-order valence-electron chi connectivity index (χ3n) is 3.86. The van der Waals surface area contributed by atoms with Crippen molar-refractivity contribution in [2.24, 2.45) is 0 Å². The second-order valence-corrected chi connectivity index (χ2v) is 6.04. The molecule has 0 aromatic heterocycles.